The molecular formula is C44H43F6N9O7S. The molecule has 3 aromatic carbocycles. The molecule has 354 valence electrons. The van der Waals surface area contributed by atoms with Crippen LogP contribution in [0.25, 0.3) is 0 Å². The minimum absolute atomic E-state index is 0.00140. The third-order valence-corrected chi connectivity index (χ3v) is 11.7. The first-order chi connectivity index (χ1) is 31.5. The molecule has 0 saturated carbocycles. The second-order valence-electron chi connectivity index (χ2n) is 16.4. The fraction of sp³-hybridized carbons (Fsp3) is 0.409. The second-order valence-corrected chi connectivity index (χ2v) is 16.7. The zero-order valence-electron chi connectivity index (χ0n) is 36.4. The van der Waals surface area contributed by atoms with Crippen LogP contribution in [0.1, 0.15) is 62.8 Å². The van der Waals surface area contributed by atoms with Crippen LogP contribution in [-0.4, -0.2) is 108 Å². The van der Waals surface area contributed by atoms with Gasteiger partial charge in [-0.3, -0.25) is 39.2 Å². The summed E-state index contributed by atoms with van der Waals surface area (Å²) < 4.78 is 88.0. The minimum atomic E-state index is -5.48. The average Bonchev–Trinajstić information content (AvgIpc) is 3.44. The van der Waals surface area contributed by atoms with Crippen molar-refractivity contribution in [2.75, 3.05) is 59.5 Å². The molecule has 3 heterocycles. The summed E-state index contributed by atoms with van der Waals surface area (Å²) in [6.45, 7) is 8.09. The van der Waals surface area contributed by atoms with Gasteiger partial charge in [0.2, 0.25) is 11.8 Å². The number of hydrogen-bond acceptors (Lipinski definition) is 13. The van der Waals surface area contributed by atoms with Crippen molar-refractivity contribution in [2.24, 2.45) is 0 Å². The number of nitriles is 2. The zero-order valence-corrected chi connectivity index (χ0v) is 37.2. The standard InChI is InChI=1S/C44H43F6N9O7S/c1-5-27-18-31(58-41(67)57(39(63)42(58,3)4)30-7-6-28(22-52)33(20-30)43(45,46)47)8-10-35(27)65-15-14-55-12-13-56(25(2)23-55)24-37(61)59(66-40(64)44(48,49)50)32-17-26(21-51)16-29(19-32)53-34-9-11-36(60)54-38(34)62/h6-8,10,16-20,25,34,53H,5,9,11-15,23-24H2,1-4H3,(H,54,60,62)/t25-,34?/m1/s1. The predicted octanol–water partition coefficient (Wildman–Crippen LogP) is 5.58. The highest BCUT2D eigenvalue weighted by Gasteiger charge is 2.51. The first-order valence-electron chi connectivity index (χ1n) is 20.8. The monoisotopic (exact) mass is 955 g/mol. The van der Waals surface area contributed by atoms with Crippen molar-refractivity contribution in [3.8, 4) is 17.9 Å². The van der Waals surface area contributed by atoms with Crippen molar-refractivity contribution in [1.82, 2.24) is 15.1 Å². The van der Waals surface area contributed by atoms with Crippen molar-refractivity contribution < 1.29 is 59.9 Å². The number of halogens is 6. The average molecular weight is 956 g/mol. The summed E-state index contributed by atoms with van der Waals surface area (Å²) in [5, 5.41) is 24.0. The van der Waals surface area contributed by atoms with E-state index in [1.54, 1.807) is 48.8 Å². The summed E-state index contributed by atoms with van der Waals surface area (Å²) in [5.74, 6) is -4.95. The lowest BCUT2D eigenvalue weighted by Gasteiger charge is -2.40. The van der Waals surface area contributed by atoms with E-state index in [1.807, 2.05) is 13.0 Å². The van der Waals surface area contributed by atoms with Crippen molar-refractivity contribution >= 4 is 69.7 Å². The Morgan fingerprint density at radius 1 is 0.985 bits per heavy atom. The quantitative estimate of drug-likeness (QED) is 0.0990. The van der Waals surface area contributed by atoms with Gasteiger partial charge in [-0.2, -0.15) is 36.9 Å². The van der Waals surface area contributed by atoms with E-state index in [0.717, 1.165) is 34.7 Å². The number of aryl methyl sites for hydroxylation is 1. The van der Waals surface area contributed by atoms with Crippen LogP contribution in [0.15, 0.2) is 54.6 Å². The summed E-state index contributed by atoms with van der Waals surface area (Å²) in [7, 11) is 0. The highest BCUT2D eigenvalue weighted by Crippen LogP contribution is 2.41. The van der Waals surface area contributed by atoms with E-state index in [9.17, 15) is 60.8 Å². The number of imide groups is 1. The molecular weight excluding hydrogens is 913 g/mol. The number of amides is 4. The van der Waals surface area contributed by atoms with Crippen LogP contribution in [0.3, 0.4) is 0 Å². The molecule has 4 amide bonds. The molecule has 16 nitrogen and oxygen atoms in total. The van der Waals surface area contributed by atoms with Gasteiger partial charge in [0.25, 0.3) is 11.8 Å². The number of hydrogen-bond donors (Lipinski definition) is 2. The number of carbonyl (C=O) groups is 5. The summed E-state index contributed by atoms with van der Waals surface area (Å²) in [4.78, 5) is 74.4. The normalized spacial score (nSPS) is 19.1. The summed E-state index contributed by atoms with van der Waals surface area (Å²) in [6.07, 6.45) is -9.76. The fourth-order valence-corrected chi connectivity index (χ4v) is 8.43. The molecule has 0 aromatic heterocycles. The van der Waals surface area contributed by atoms with E-state index < -0.39 is 76.9 Å². The maximum atomic E-state index is 13.8. The minimum Gasteiger partial charge on any atom is -0.492 e. The van der Waals surface area contributed by atoms with Gasteiger partial charge in [0, 0.05) is 50.0 Å². The smallest absolute Gasteiger partial charge is 0.492 e. The lowest BCUT2D eigenvalue weighted by Crippen LogP contribution is -2.55. The maximum absolute atomic E-state index is 13.8. The number of piperazine rings is 1. The molecule has 67 heavy (non-hydrogen) atoms. The van der Waals surface area contributed by atoms with Gasteiger partial charge in [-0.15, -0.1) is 5.06 Å². The van der Waals surface area contributed by atoms with Crippen LogP contribution in [0.5, 0.6) is 5.75 Å². The molecule has 6 rings (SSSR count). The molecule has 23 heteroatoms. The molecule has 0 bridgehead atoms. The van der Waals surface area contributed by atoms with Gasteiger partial charge in [0.1, 0.15) is 23.9 Å². The lowest BCUT2D eigenvalue weighted by atomic mass is 10.0. The number of ether oxygens (including phenoxy) is 1. The van der Waals surface area contributed by atoms with Gasteiger partial charge >= 0.3 is 18.3 Å². The van der Waals surface area contributed by atoms with Gasteiger partial charge in [-0.25, -0.2) is 4.79 Å². The van der Waals surface area contributed by atoms with Crippen molar-refractivity contribution in [1.29, 1.82) is 10.5 Å². The van der Waals surface area contributed by atoms with Crippen molar-refractivity contribution in [3.05, 3.63) is 76.9 Å². The number of piperidine rings is 1. The number of hydroxylamine groups is 1. The number of nitrogens with one attached hydrogen (secondary N) is 2. The van der Waals surface area contributed by atoms with Gasteiger partial charge in [0.05, 0.1) is 46.7 Å². The molecule has 1 unspecified atom stereocenters. The highest BCUT2D eigenvalue weighted by atomic mass is 32.1. The molecule has 3 saturated heterocycles. The Balaban J connectivity index is 1.09. The van der Waals surface area contributed by atoms with E-state index in [-0.39, 0.29) is 59.1 Å². The number of anilines is 4. The Labute approximate surface area is 385 Å². The van der Waals surface area contributed by atoms with Crippen LogP contribution in [-0.2, 0) is 41.4 Å². The van der Waals surface area contributed by atoms with Gasteiger partial charge < -0.3 is 19.8 Å². The largest absolute Gasteiger partial charge is 0.493 e. The van der Waals surface area contributed by atoms with Crippen LogP contribution in [0.4, 0.5) is 49.1 Å². The summed E-state index contributed by atoms with van der Waals surface area (Å²) in [5.41, 5.74) is -2.51. The number of thiocarbonyl (C=S) groups is 1. The fourth-order valence-electron chi connectivity index (χ4n) is 7.90. The molecule has 3 aromatic rings. The van der Waals surface area contributed by atoms with E-state index in [1.165, 1.54) is 18.2 Å². The Bertz CT molecular complexity index is 2580. The molecule has 2 N–H and O–H groups in total. The Hall–Kier alpha value is -6.82. The first-order valence-corrected chi connectivity index (χ1v) is 21.2. The van der Waals surface area contributed by atoms with E-state index in [4.69, 9.17) is 17.0 Å². The number of benzene rings is 3. The third kappa shape index (κ3) is 10.9. The van der Waals surface area contributed by atoms with Crippen LogP contribution in [0, 0.1) is 22.7 Å². The van der Waals surface area contributed by atoms with Crippen molar-refractivity contribution in [2.45, 2.75) is 76.9 Å². The van der Waals surface area contributed by atoms with Gasteiger partial charge in [0.15, 0.2) is 5.11 Å². The Kier molecular flexibility index (Phi) is 14.5. The molecule has 0 aliphatic carbocycles. The maximum Gasteiger partial charge on any atom is 0.493 e. The number of carbonyl (C=O) groups excluding carboxylic acids is 5. The molecule has 0 spiro atoms. The predicted molar refractivity (Wildman–Crippen MR) is 232 cm³/mol. The zero-order chi connectivity index (χ0) is 49.2. The molecule has 2 atom stereocenters. The van der Waals surface area contributed by atoms with Gasteiger partial charge in [-0.1, -0.05) is 6.92 Å². The summed E-state index contributed by atoms with van der Waals surface area (Å²) in [6, 6.07) is 13.7. The number of alkyl halides is 6. The van der Waals surface area contributed by atoms with Crippen LogP contribution in [0.2, 0.25) is 0 Å². The van der Waals surface area contributed by atoms with E-state index >= 15 is 0 Å². The molecule has 3 aliphatic rings. The molecule has 0 radical (unpaired) electrons. The number of nitrogens with zero attached hydrogens (tertiary/aromatic N) is 7. The summed E-state index contributed by atoms with van der Waals surface area (Å²) >= 11 is 5.69. The van der Waals surface area contributed by atoms with Gasteiger partial charge in [-0.05, 0) is 106 Å². The van der Waals surface area contributed by atoms with E-state index in [2.05, 4.69) is 20.4 Å². The Morgan fingerprint density at radius 3 is 2.33 bits per heavy atom. The lowest BCUT2D eigenvalue weighted by molar-refractivity contribution is -0.201. The third-order valence-electron chi connectivity index (χ3n) is 11.4. The van der Waals surface area contributed by atoms with Crippen LogP contribution < -0.4 is 30.2 Å². The topological polar surface area (TPSA) is 192 Å². The number of rotatable bonds is 12. The molecule has 3 fully saturated rings. The molecule has 3 aliphatic heterocycles. The second kappa shape index (κ2) is 19.6. The van der Waals surface area contributed by atoms with E-state index in [0.29, 0.717) is 37.5 Å². The highest BCUT2D eigenvalue weighted by molar-refractivity contribution is 7.81. The van der Waals surface area contributed by atoms with Crippen molar-refractivity contribution in [3.63, 3.8) is 0 Å². The van der Waals surface area contributed by atoms with Crippen LogP contribution >= 0.6 is 12.2 Å². The Morgan fingerprint density at radius 2 is 1.70 bits per heavy atom. The SMILES string of the molecule is CCc1cc(N2C(=S)N(c3ccc(C#N)c(C(F)(F)F)c3)C(=O)C2(C)C)ccc1OCCN1CCN(CC(=O)N(OC(=O)C(F)(F)F)c2cc(C#N)cc(NC3CCC(=O)NC3=O)c2)[C@H](C)C1. The first kappa shape index (κ1) is 49.6.